The van der Waals surface area contributed by atoms with Crippen molar-refractivity contribution in [2.75, 3.05) is 22.7 Å². The van der Waals surface area contributed by atoms with Crippen LogP contribution in [-0.2, 0) is 22.8 Å². The Bertz CT molecular complexity index is 991. The molecule has 2 aromatic carbocycles. The largest absolute Gasteiger partial charge is 0.416 e. The number of aliphatic hydroxyl groups is 1. The number of hydrogen-bond donors (Lipinski definition) is 2. The number of alkyl halides is 3. The summed E-state index contributed by atoms with van der Waals surface area (Å²) in [6.45, 7) is 0.753. The van der Waals surface area contributed by atoms with Crippen LogP contribution in [0.25, 0.3) is 0 Å². The molecular weight excluding hydrogens is 473 g/mol. The molecule has 5 nitrogen and oxygen atoms in total. The molecule has 158 valence electrons. The van der Waals surface area contributed by atoms with Gasteiger partial charge in [-0.1, -0.05) is 22.0 Å². The van der Waals surface area contributed by atoms with Gasteiger partial charge in [0.25, 0.3) is 10.0 Å². The summed E-state index contributed by atoms with van der Waals surface area (Å²) in [7, 11) is -4.24. The van der Waals surface area contributed by atoms with E-state index in [0.717, 1.165) is 31.4 Å². The van der Waals surface area contributed by atoms with Gasteiger partial charge in [-0.3, -0.25) is 4.72 Å². The number of hydrogen-bond acceptors (Lipinski definition) is 4. The van der Waals surface area contributed by atoms with E-state index in [2.05, 4.69) is 20.7 Å². The number of nitrogens with one attached hydrogen (secondary N) is 1. The standard InChI is InChI=1S/C19H20BrF3N2O3S/c20-15-6-4-13(12-26)18(11-15)29(27,28)24-16-10-14(19(21,22)23)5-7-17(16)25-8-2-1-3-9-25/h4-7,10-11,24,26H,1-3,8-9,12H2. The Morgan fingerprint density at radius 1 is 1.07 bits per heavy atom. The predicted molar refractivity (Wildman–Crippen MR) is 108 cm³/mol. The van der Waals surface area contributed by atoms with E-state index >= 15 is 0 Å². The average molecular weight is 493 g/mol. The minimum Gasteiger partial charge on any atom is -0.392 e. The van der Waals surface area contributed by atoms with Crippen LogP contribution in [0, 0.1) is 0 Å². The molecule has 3 rings (SSSR count). The Labute approximate surface area is 175 Å². The monoisotopic (exact) mass is 492 g/mol. The van der Waals surface area contributed by atoms with Crippen LogP contribution >= 0.6 is 15.9 Å². The molecule has 0 aromatic heterocycles. The van der Waals surface area contributed by atoms with Gasteiger partial charge in [0.1, 0.15) is 0 Å². The summed E-state index contributed by atoms with van der Waals surface area (Å²) in [5.74, 6) is 0. The maximum atomic E-state index is 13.2. The molecule has 0 saturated carbocycles. The third-order valence-corrected chi connectivity index (χ3v) is 6.69. The summed E-state index contributed by atoms with van der Waals surface area (Å²) in [6.07, 6.45) is -1.82. The van der Waals surface area contributed by atoms with E-state index < -0.39 is 28.4 Å². The van der Waals surface area contributed by atoms with E-state index in [0.29, 0.717) is 23.2 Å². The van der Waals surface area contributed by atoms with E-state index in [1.54, 1.807) is 6.07 Å². The summed E-state index contributed by atoms with van der Waals surface area (Å²) in [5.41, 5.74) is -0.521. The summed E-state index contributed by atoms with van der Waals surface area (Å²) < 4.78 is 68.5. The molecule has 1 aliphatic rings. The first-order valence-electron chi connectivity index (χ1n) is 9.00. The lowest BCUT2D eigenvalue weighted by Crippen LogP contribution is -2.30. The molecule has 2 N–H and O–H groups in total. The first-order chi connectivity index (χ1) is 13.6. The number of nitrogens with zero attached hydrogens (tertiary/aromatic N) is 1. The zero-order valence-electron chi connectivity index (χ0n) is 15.3. The smallest absolute Gasteiger partial charge is 0.392 e. The third kappa shape index (κ3) is 5.04. The van der Waals surface area contributed by atoms with Gasteiger partial charge < -0.3 is 10.0 Å². The number of piperidine rings is 1. The SMILES string of the molecule is O=S(=O)(Nc1cc(C(F)(F)F)ccc1N1CCCCC1)c1cc(Br)ccc1CO. The molecule has 1 saturated heterocycles. The molecule has 1 heterocycles. The molecule has 2 aromatic rings. The Kier molecular flexibility index (Phi) is 6.45. The van der Waals surface area contributed by atoms with Crippen LogP contribution in [0.2, 0.25) is 0 Å². The second-order valence-corrected chi connectivity index (χ2v) is 9.36. The number of benzene rings is 2. The van der Waals surface area contributed by atoms with Crippen molar-refractivity contribution in [1.82, 2.24) is 0 Å². The number of aliphatic hydroxyl groups excluding tert-OH is 1. The van der Waals surface area contributed by atoms with Gasteiger partial charge in [0.05, 0.1) is 28.4 Å². The molecule has 0 spiro atoms. The first-order valence-corrected chi connectivity index (χ1v) is 11.3. The predicted octanol–water partition coefficient (Wildman–Crippen LogP) is 4.75. The molecule has 0 atom stereocenters. The zero-order chi connectivity index (χ0) is 21.2. The second kappa shape index (κ2) is 8.53. The average Bonchev–Trinajstić information content (AvgIpc) is 2.67. The highest BCUT2D eigenvalue weighted by Gasteiger charge is 2.32. The number of sulfonamides is 1. The molecule has 10 heteroatoms. The summed E-state index contributed by atoms with van der Waals surface area (Å²) in [4.78, 5) is 1.69. The van der Waals surface area contributed by atoms with Crippen molar-refractivity contribution in [2.24, 2.45) is 0 Å². The molecule has 0 radical (unpaired) electrons. The topological polar surface area (TPSA) is 69.6 Å². The van der Waals surface area contributed by atoms with Gasteiger partial charge in [-0.2, -0.15) is 13.2 Å². The van der Waals surface area contributed by atoms with Crippen molar-refractivity contribution in [3.63, 3.8) is 0 Å². The van der Waals surface area contributed by atoms with Gasteiger partial charge in [0, 0.05) is 17.6 Å². The van der Waals surface area contributed by atoms with Gasteiger partial charge >= 0.3 is 6.18 Å². The zero-order valence-corrected chi connectivity index (χ0v) is 17.7. The van der Waals surface area contributed by atoms with Gasteiger partial charge in [-0.05, 0) is 55.2 Å². The molecule has 0 unspecified atom stereocenters. The van der Waals surface area contributed by atoms with E-state index in [9.17, 15) is 26.7 Å². The molecule has 29 heavy (non-hydrogen) atoms. The van der Waals surface area contributed by atoms with Crippen LogP contribution in [0.4, 0.5) is 24.5 Å². The summed E-state index contributed by atoms with van der Waals surface area (Å²) in [5, 5.41) is 9.48. The van der Waals surface area contributed by atoms with Crippen molar-refractivity contribution in [1.29, 1.82) is 0 Å². The van der Waals surface area contributed by atoms with Crippen molar-refractivity contribution in [3.8, 4) is 0 Å². The van der Waals surface area contributed by atoms with E-state index in [4.69, 9.17) is 0 Å². The molecule has 0 bridgehead atoms. The summed E-state index contributed by atoms with van der Waals surface area (Å²) >= 11 is 3.19. The Morgan fingerprint density at radius 3 is 2.38 bits per heavy atom. The second-order valence-electron chi connectivity index (χ2n) is 6.79. The first kappa shape index (κ1) is 21.9. The van der Waals surface area contributed by atoms with Crippen LogP contribution in [-0.4, -0.2) is 26.6 Å². The van der Waals surface area contributed by atoms with Crippen LogP contribution in [0.1, 0.15) is 30.4 Å². The molecule has 1 fully saturated rings. The Balaban J connectivity index is 2.07. The van der Waals surface area contributed by atoms with E-state index in [1.165, 1.54) is 18.2 Å². The van der Waals surface area contributed by atoms with Crippen LogP contribution in [0.15, 0.2) is 45.8 Å². The van der Waals surface area contributed by atoms with Gasteiger partial charge in [0.15, 0.2) is 0 Å². The minimum atomic E-state index is -4.60. The fourth-order valence-electron chi connectivity index (χ4n) is 3.31. The third-order valence-electron chi connectivity index (χ3n) is 4.75. The number of rotatable bonds is 5. The Hall–Kier alpha value is -1.78. The lowest BCUT2D eigenvalue weighted by Gasteiger charge is -2.31. The van der Waals surface area contributed by atoms with E-state index in [1.807, 2.05) is 4.90 Å². The lowest BCUT2D eigenvalue weighted by molar-refractivity contribution is -0.137. The highest BCUT2D eigenvalue weighted by atomic mass is 79.9. The Morgan fingerprint density at radius 2 is 1.76 bits per heavy atom. The van der Waals surface area contributed by atoms with Crippen LogP contribution in [0.5, 0.6) is 0 Å². The molecule has 0 aliphatic carbocycles. The number of anilines is 2. The fourth-order valence-corrected chi connectivity index (χ4v) is 5.15. The minimum absolute atomic E-state index is 0.134. The van der Waals surface area contributed by atoms with Crippen LogP contribution < -0.4 is 9.62 Å². The molecule has 0 amide bonds. The maximum Gasteiger partial charge on any atom is 0.416 e. The molecular formula is C19H20BrF3N2O3S. The van der Waals surface area contributed by atoms with Crippen LogP contribution in [0.3, 0.4) is 0 Å². The quantitative estimate of drug-likeness (QED) is 0.631. The lowest BCUT2D eigenvalue weighted by atomic mass is 10.1. The normalized spacial score (nSPS) is 15.4. The molecule has 1 aliphatic heterocycles. The van der Waals surface area contributed by atoms with Gasteiger partial charge in [-0.25, -0.2) is 8.42 Å². The van der Waals surface area contributed by atoms with Crippen molar-refractivity contribution in [2.45, 2.75) is 36.9 Å². The van der Waals surface area contributed by atoms with Gasteiger partial charge in [-0.15, -0.1) is 0 Å². The van der Waals surface area contributed by atoms with Gasteiger partial charge in [0.2, 0.25) is 0 Å². The van der Waals surface area contributed by atoms with Crippen molar-refractivity contribution in [3.05, 3.63) is 52.0 Å². The van der Waals surface area contributed by atoms with Crippen molar-refractivity contribution < 1.29 is 26.7 Å². The highest BCUT2D eigenvalue weighted by Crippen LogP contribution is 2.37. The summed E-state index contributed by atoms with van der Waals surface area (Å²) in [6, 6.07) is 7.41. The maximum absolute atomic E-state index is 13.2. The number of halogens is 4. The van der Waals surface area contributed by atoms with Crippen molar-refractivity contribution >= 4 is 37.3 Å². The highest BCUT2D eigenvalue weighted by molar-refractivity contribution is 9.10. The van der Waals surface area contributed by atoms with E-state index in [-0.39, 0.29) is 16.1 Å². The fraction of sp³-hybridized carbons (Fsp3) is 0.368.